The second-order valence-electron chi connectivity index (χ2n) is 8.64. The van der Waals surface area contributed by atoms with E-state index >= 15 is 0 Å². The number of carboxylic acids is 1. The van der Waals surface area contributed by atoms with Gasteiger partial charge in [-0.15, -0.1) is 11.8 Å². The lowest BCUT2D eigenvalue weighted by molar-refractivity contribution is -0.143. The number of fused-ring (bicyclic) bond motifs is 3. The van der Waals surface area contributed by atoms with Crippen LogP contribution in [0.5, 0.6) is 0 Å². The number of thioether (sulfide) groups is 1. The fraction of sp³-hybridized carbons (Fsp3) is 0.400. The summed E-state index contributed by atoms with van der Waals surface area (Å²) in [4.78, 5) is 38.5. The molecule has 1 unspecified atom stereocenters. The first-order valence-electron chi connectivity index (χ1n) is 11.4. The SMILES string of the molecule is O=C(N[C@H]1CCO[C@H]1C(=O)N1CCSC(C(=O)O)C1)OCC1c2ccccc2-c2ccccc21. The van der Waals surface area contributed by atoms with Crippen LogP contribution in [0.15, 0.2) is 48.5 Å². The molecule has 1 aliphatic carbocycles. The van der Waals surface area contributed by atoms with Crippen LogP contribution in [0.4, 0.5) is 4.79 Å². The molecule has 2 aliphatic heterocycles. The average Bonchev–Trinajstić information content (AvgIpc) is 3.44. The van der Waals surface area contributed by atoms with Gasteiger partial charge in [0.05, 0.1) is 6.04 Å². The van der Waals surface area contributed by atoms with Crippen LogP contribution < -0.4 is 5.32 Å². The molecule has 2 heterocycles. The van der Waals surface area contributed by atoms with E-state index in [1.165, 1.54) is 16.7 Å². The number of amides is 2. The van der Waals surface area contributed by atoms with Gasteiger partial charge in [-0.3, -0.25) is 9.59 Å². The molecule has 3 aliphatic rings. The van der Waals surface area contributed by atoms with Gasteiger partial charge in [0.25, 0.3) is 5.91 Å². The second-order valence-corrected chi connectivity index (χ2v) is 9.95. The minimum atomic E-state index is -0.928. The van der Waals surface area contributed by atoms with Gasteiger partial charge in [0, 0.05) is 31.4 Å². The zero-order valence-corrected chi connectivity index (χ0v) is 19.3. The molecule has 2 aromatic rings. The summed E-state index contributed by atoms with van der Waals surface area (Å²) in [6.07, 6.45) is -0.934. The third kappa shape index (κ3) is 4.37. The predicted molar refractivity (Wildman–Crippen MR) is 127 cm³/mol. The Kier molecular flexibility index (Phi) is 6.47. The van der Waals surface area contributed by atoms with Gasteiger partial charge in [0.1, 0.15) is 11.9 Å². The summed E-state index contributed by atoms with van der Waals surface area (Å²) < 4.78 is 11.2. The topological polar surface area (TPSA) is 105 Å². The van der Waals surface area contributed by atoms with Crippen molar-refractivity contribution in [2.75, 3.05) is 32.1 Å². The zero-order chi connectivity index (χ0) is 23.7. The highest BCUT2D eigenvalue weighted by Crippen LogP contribution is 2.44. The standard InChI is InChI=1S/C25H26N2O6S/c28-23(27-10-12-34-21(13-27)24(29)30)22-20(9-11-32-22)26-25(31)33-14-19-17-7-3-1-5-15(17)16-6-2-4-8-18(16)19/h1-8,19-22H,9-14H2,(H,26,31)(H,29,30)/t20-,21?,22+/m0/s1. The number of rotatable bonds is 5. The lowest BCUT2D eigenvalue weighted by Gasteiger charge is -2.33. The minimum Gasteiger partial charge on any atom is -0.480 e. The molecule has 9 heteroatoms. The monoisotopic (exact) mass is 482 g/mol. The van der Waals surface area contributed by atoms with Crippen molar-refractivity contribution in [3.05, 3.63) is 59.7 Å². The Balaban J connectivity index is 1.20. The molecule has 2 saturated heterocycles. The molecule has 34 heavy (non-hydrogen) atoms. The number of alkyl carbamates (subject to hydrolysis) is 1. The Morgan fingerprint density at radius 3 is 2.44 bits per heavy atom. The predicted octanol–water partition coefficient (Wildman–Crippen LogP) is 2.71. The van der Waals surface area contributed by atoms with Crippen LogP contribution in [0.3, 0.4) is 0 Å². The van der Waals surface area contributed by atoms with E-state index in [4.69, 9.17) is 9.47 Å². The average molecular weight is 483 g/mol. The molecular weight excluding hydrogens is 456 g/mol. The van der Waals surface area contributed by atoms with Gasteiger partial charge in [-0.2, -0.15) is 0 Å². The summed E-state index contributed by atoms with van der Waals surface area (Å²) in [5, 5.41) is 11.4. The van der Waals surface area contributed by atoms with Crippen LogP contribution in [-0.4, -0.2) is 77.4 Å². The summed E-state index contributed by atoms with van der Waals surface area (Å²) in [5.41, 5.74) is 4.57. The maximum absolute atomic E-state index is 13.0. The molecule has 0 bridgehead atoms. The highest BCUT2D eigenvalue weighted by molar-refractivity contribution is 8.00. The number of carboxylic acid groups (broad SMARTS) is 1. The molecular formula is C25H26N2O6S. The number of nitrogens with zero attached hydrogens (tertiary/aromatic N) is 1. The highest BCUT2D eigenvalue weighted by Gasteiger charge is 2.40. The first-order valence-corrected chi connectivity index (χ1v) is 12.4. The zero-order valence-electron chi connectivity index (χ0n) is 18.5. The summed E-state index contributed by atoms with van der Waals surface area (Å²) in [5.74, 6) is -0.703. The molecule has 2 fully saturated rings. The molecule has 178 valence electrons. The van der Waals surface area contributed by atoms with Crippen LogP contribution in [0.1, 0.15) is 23.5 Å². The van der Waals surface area contributed by atoms with Crippen LogP contribution in [0.2, 0.25) is 0 Å². The van der Waals surface area contributed by atoms with Crippen LogP contribution in [0, 0.1) is 0 Å². The van der Waals surface area contributed by atoms with E-state index in [1.807, 2.05) is 24.3 Å². The van der Waals surface area contributed by atoms with E-state index in [2.05, 4.69) is 29.6 Å². The molecule has 0 radical (unpaired) electrons. The molecule has 0 aromatic heterocycles. The van der Waals surface area contributed by atoms with E-state index < -0.39 is 29.5 Å². The van der Waals surface area contributed by atoms with Gasteiger partial charge in [-0.1, -0.05) is 48.5 Å². The largest absolute Gasteiger partial charge is 0.480 e. The Labute approximate surface area is 201 Å². The van der Waals surface area contributed by atoms with Gasteiger partial charge in [0.2, 0.25) is 0 Å². The lowest BCUT2D eigenvalue weighted by Crippen LogP contribution is -2.53. The van der Waals surface area contributed by atoms with Crippen LogP contribution in [0.25, 0.3) is 11.1 Å². The van der Waals surface area contributed by atoms with Gasteiger partial charge in [-0.25, -0.2) is 4.79 Å². The van der Waals surface area contributed by atoms with Crippen molar-refractivity contribution in [2.45, 2.75) is 29.7 Å². The molecule has 2 amide bonds. The first-order chi connectivity index (χ1) is 16.5. The molecule has 0 spiro atoms. The van der Waals surface area contributed by atoms with Gasteiger partial charge >= 0.3 is 12.1 Å². The smallest absolute Gasteiger partial charge is 0.407 e. The summed E-state index contributed by atoms with van der Waals surface area (Å²) in [6, 6.07) is 15.7. The molecule has 8 nitrogen and oxygen atoms in total. The third-order valence-electron chi connectivity index (χ3n) is 6.64. The summed E-state index contributed by atoms with van der Waals surface area (Å²) >= 11 is 1.33. The number of ether oxygens (including phenoxy) is 2. The highest BCUT2D eigenvalue weighted by atomic mass is 32.2. The van der Waals surface area contributed by atoms with E-state index in [0.29, 0.717) is 25.3 Å². The van der Waals surface area contributed by atoms with E-state index in [-0.39, 0.29) is 25.0 Å². The number of carbonyl (C=O) groups is 3. The van der Waals surface area contributed by atoms with Crippen molar-refractivity contribution < 1.29 is 29.0 Å². The lowest BCUT2D eigenvalue weighted by atomic mass is 9.98. The Morgan fingerprint density at radius 1 is 1.09 bits per heavy atom. The normalized spacial score (nSPS) is 23.8. The number of hydrogen-bond donors (Lipinski definition) is 2. The Hall–Kier alpha value is -3.04. The maximum Gasteiger partial charge on any atom is 0.407 e. The Morgan fingerprint density at radius 2 is 1.76 bits per heavy atom. The van der Waals surface area contributed by atoms with Gasteiger partial charge in [-0.05, 0) is 28.7 Å². The number of benzene rings is 2. The summed E-state index contributed by atoms with van der Waals surface area (Å²) in [6.45, 7) is 1.13. The van der Waals surface area contributed by atoms with Crippen LogP contribution in [-0.2, 0) is 19.1 Å². The van der Waals surface area contributed by atoms with E-state index in [9.17, 15) is 19.5 Å². The van der Waals surface area contributed by atoms with Crippen LogP contribution >= 0.6 is 11.8 Å². The van der Waals surface area contributed by atoms with E-state index in [1.54, 1.807) is 0 Å². The van der Waals surface area contributed by atoms with E-state index in [0.717, 1.165) is 22.3 Å². The number of nitrogens with one attached hydrogen (secondary N) is 1. The molecule has 0 saturated carbocycles. The van der Waals surface area contributed by atoms with Crippen molar-refractivity contribution in [2.24, 2.45) is 0 Å². The number of carbonyl (C=O) groups excluding carboxylic acids is 2. The van der Waals surface area contributed by atoms with Gasteiger partial charge in [0.15, 0.2) is 6.10 Å². The molecule has 2 aromatic carbocycles. The fourth-order valence-electron chi connectivity index (χ4n) is 4.95. The second kappa shape index (κ2) is 9.68. The third-order valence-corrected chi connectivity index (χ3v) is 7.81. The minimum absolute atomic E-state index is 0.0470. The van der Waals surface area contributed by atoms with Crippen molar-refractivity contribution in [1.29, 1.82) is 0 Å². The number of hydrogen-bond acceptors (Lipinski definition) is 6. The Bertz CT molecular complexity index is 1060. The quantitative estimate of drug-likeness (QED) is 0.675. The first kappa shape index (κ1) is 22.7. The van der Waals surface area contributed by atoms with Crippen molar-refractivity contribution in [3.63, 3.8) is 0 Å². The van der Waals surface area contributed by atoms with Crippen molar-refractivity contribution >= 4 is 29.7 Å². The van der Waals surface area contributed by atoms with Crippen molar-refractivity contribution in [1.82, 2.24) is 10.2 Å². The molecule has 2 N–H and O–H groups in total. The van der Waals surface area contributed by atoms with Crippen molar-refractivity contribution in [3.8, 4) is 11.1 Å². The fourth-order valence-corrected chi connectivity index (χ4v) is 5.99. The number of aliphatic carboxylic acids is 1. The maximum atomic E-state index is 13.0. The molecule has 3 atom stereocenters. The summed E-state index contributed by atoms with van der Waals surface area (Å²) in [7, 11) is 0. The van der Waals surface area contributed by atoms with Gasteiger partial charge < -0.3 is 24.8 Å². The molecule has 5 rings (SSSR count).